The first-order chi connectivity index (χ1) is 11.0. The minimum atomic E-state index is -0.102. The molecule has 5 nitrogen and oxygen atoms in total. The molecule has 3 rings (SSSR count). The number of urea groups is 1. The maximum absolute atomic E-state index is 12.5. The summed E-state index contributed by atoms with van der Waals surface area (Å²) in [5.41, 5.74) is 8.72. The summed E-state index contributed by atoms with van der Waals surface area (Å²) in [6.45, 7) is 5.95. The normalized spacial score (nSPS) is 24.8. The highest BCUT2D eigenvalue weighted by Gasteiger charge is 2.32. The minimum absolute atomic E-state index is 0.00594. The predicted molar refractivity (Wildman–Crippen MR) is 92.3 cm³/mol. The summed E-state index contributed by atoms with van der Waals surface area (Å²) >= 11 is 0. The van der Waals surface area contributed by atoms with Crippen LogP contribution in [-0.2, 0) is 6.42 Å². The average Bonchev–Trinajstić information content (AvgIpc) is 2.84. The lowest BCUT2D eigenvalue weighted by molar-refractivity contribution is 0.170. The van der Waals surface area contributed by atoms with Gasteiger partial charge in [-0.05, 0) is 30.4 Å². The smallest absolute Gasteiger partial charge is 0.317 e. The largest absolute Gasteiger partial charge is 0.333 e. The van der Waals surface area contributed by atoms with E-state index in [-0.39, 0.29) is 18.1 Å². The van der Waals surface area contributed by atoms with Gasteiger partial charge < -0.3 is 21.3 Å². The van der Waals surface area contributed by atoms with Crippen molar-refractivity contribution in [3.63, 3.8) is 0 Å². The Balaban J connectivity index is 1.51. The van der Waals surface area contributed by atoms with Gasteiger partial charge >= 0.3 is 6.03 Å². The molecule has 0 bridgehead atoms. The Kier molecular flexibility index (Phi) is 4.87. The molecule has 23 heavy (non-hydrogen) atoms. The van der Waals surface area contributed by atoms with Gasteiger partial charge in [-0.1, -0.05) is 38.1 Å². The van der Waals surface area contributed by atoms with Crippen LogP contribution in [0.25, 0.3) is 0 Å². The van der Waals surface area contributed by atoms with Gasteiger partial charge in [-0.3, -0.25) is 0 Å². The van der Waals surface area contributed by atoms with Crippen LogP contribution in [0.1, 0.15) is 43.9 Å². The number of amides is 2. The number of hydrogen-bond acceptors (Lipinski definition) is 3. The number of likely N-dealkylation sites (tertiary alicyclic amines) is 1. The molecular weight excluding hydrogens is 288 g/mol. The number of nitrogens with one attached hydrogen (secondary N) is 2. The minimum Gasteiger partial charge on any atom is -0.333 e. The van der Waals surface area contributed by atoms with Gasteiger partial charge in [0.15, 0.2) is 0 Å². The Bertz CT molecular complexity index is 552. The zero-order chi connectivity index (χ0) is 16.4. The second-order valence-corrected chi connectivity index (χ2v) is 7.07. The quantitative estimate of drug-likeness (QED) is 0.796. The Morgan fingerprint density at radius 1 is 1.26 bits per heavy atom. The molecule has 5 heteroatoms. The number of carbonyl (C=O) groups excluding carboxylic acids is 1. The molecule has 4 N–H and O–H groups in total. The molecule has 1 aromatic rings. The topological polar surface area (TPSA) is 70.4 Å². The van der Waals surface area contributed by atoms with Crippen LogP contribution in [0.15, 0.2) is 24.3 Å². The number of nitrogens with zero attached hydrogens (tertiary/aromatic N) is 1. The maximum Gasteiger partial charge on any atom is 0.317 e. The van der Waals surface area contributed by atoms with E-state index >= 15 is 0 Å². The number of nitrogens with two attached hydrogens (primary N) is 1. The Morgan fingerprint density at radius 3 is 2.61 bits per heavy atom. The summed E-state index contributed by atoms with van der Waals surface area (Å²) in [7, 11) is 0. The summed E-state index contributed by atoms with van der Waals surface area (Å²) < 4.78 is 0. The van der Waals surface area contributed by atoms with Crippen LogP contribution in [0.3, 0.4) is 0 Å². The Hall–Kier alpha value is -1.59. The van der Waals surface area contributed by atoms with E-state index in [2.05, 4.69) is 36.6 Å². The van der Waals surface area contributed by atoms with Crippen molar-refractivity contribution in [2.24, 2.45) is 5.73 Å². The molecule has 1 aliphatic carbocycles. The fourth-order valence-corrected chi connectivity index (χ4v) is 3.74. The summed E-state index contributed by atoms with van der Waals surface area (Å²) in [4.78, 5) is 14.4. The Morgan fingerprint density at radius 2 is 1.96 bits per heavy atom. The second-order valence-electron chi connectivity index (χ2n) is 7.07. The third-order valence-corrected chi connectivity index (χ3v) is 4.95. The van der Waals surface area contributed by atoms with Crippen molar-refractivity contribution >= 4 is 6.03 Å². The molecule has 0 radical (unpaired) electrons. The first-order valence-electron chi connectivity index (χ1n) is 8.69. The molecule has 1 heterocycles. The van der Waals surface area contributed by atoms with Gasteiger partial charge in [-0.2, -0.15) is 0 Å². The summed E-state index contributed by atoms with van der Waals surface area (Å²) in [6, 6.07) is 9.16. The third-order valence-electron chi connectivity index (χ3n) is 4.95. The lowest BCUT2D eigenvalue weighted by Gasteiger charge is -2.34. The van der Waals surface area contributed by atoms with Gasteiger partial charge in [0.25, 0.3) is 0 Å². The fourth-order valence-electron chi connectivity index (χ4n) is 3.74. The maximum atomic E-state index is 12.5. The molecule has 0 spiro atoms. The molecule has 2 atom stereocenters. The molecule has 2 aliphatic rings. The van der Waals surface area contributed by atoms with E-state index in [1.807, 2.05) is 17.0 Å². The van der Waals surface area contributed by atoms with Crippen molar-refractivity contribution in [3.8, 4) is 0 Å². The van der Waals surface area contributed by atoms with Gasteiger partial charge in [0, 0.05) is 25.2 Å². The van der Waals surface area contributed by atoms with E-state index in [1.165, 1.54) is 5.56 Å². The van der Waals surface area contributed by atoms with Gasteiger partial charge in [0.05, 0.1) is 12.1 Å². The third kappa shape index (κ3) is 3.67. The molecule has 2 amide bonds. The van der Waals surface area contributed by atoms with Crippen LogP contribution in [0.5, 0.6) is 0 Å². The first kappa shape index (κ1) is 16.3. The monoisotopic (exact) mass is 316 g/mol. The lowest BCUT2D eigenvalue weighted by atomic mass is 10.0. The van der Waals surface area contributed by atoms with E-state index in [4.69, 9.17) is 5.73 Å². The molecule has 1 saturated heterocycles. The van der Waals surface area contributed by atoms with Crippen LogP contribution < -0.4 is 16.4 Å². The average molecular weight is 316 g/mol. The van der Waals surface area contributed by atoms with Crippen LogP contribution in [0.2, 0.25) is 0 Å². The van der Waals surface area contributed by atoms with Crippen molar-refractivity contribution in [3.05, 3.63) is 35.4 Å². The number of carbonyl (C=O) groups is 1. The molecular formula is C18H28N4O. The van der Waals surface area contributed by atoms with Gasteiger partial charge in [-0.15, -0.1) is 0 Å². The number of benzene rings is 1. The number of fused-ring (bicyclic) bond motifs is 1. The molecule has 1 fully saturated rings. The molecule has 0 unspecified atom stereocenters. The first-order valence-corrected chi connectivity index (χ1v) is 8.69. The fraction of sp³-hybridized carbons (Fsp3) is 0.611. The zero-order valence-corrected chi connectivity index (χ0v) is 14.1. The second kappa shape index (κ2) is 6.89. The Labute approximate surface area is 138 Å². The lowest BCUT2D eigenvalue weighted by Crippen LogP contribution is -2.52. The molecule has 0 saturated carbocycles. The van der Waals surface area contributed by atoms with E-state index < -0.39 is 0 Å². The van der Waals surface area contributed by atoms with Crippen LogP contribution in [0, 0.1) is 0 Å². The molecule has 0 aromatic heterocycles. The highest BCUT2D eigenvalue weighted by Crippen LogP contribution is 2.29. The van der Waals surface area contributed by atoms with Crippen LogP contribution >= 0.6 is 0 Å². The molecule has 126 valence electrons. The summed E-state index contributed by atoms with van der Waals surface area (Å²) in [5, 5.41) is 6.70. The van der Waals surface area contributed by atoms with Gasteiger partial charge in [-0.25, -0.2) is 4.79 Å². The summed E-state index contributed by atoms with van der Waals surface area (Å²) in [5.74, 6) is 0. The highest BCUT2D eigenvalue weighted by molar-refractivity contribution is 5.75. The van der Waals surface area contributed by atoms with E-state index in [1.54, 1.807) is 0 Å². The van der Waals surface area contributed by atoms with E-state index in [0.29, 0.717) is 12.1 Å². The van der Waals surface area contributed by atoms with Crippen molar-refractivity contribution in [2.45, 2.75) is 57.3 Å². The SMILES string of the molecule is CC(C)NC1CCN(C(=O)N[C@@H]2Cc3ccccc3[C@H]2N)CC1. The van der Waals surface area contributed by atoms with Crippen LogP contribution in [0.4, 0.5) is 4.79 Å². The number of rotatable bonds is 3. The van der Waals surface area contributed by atoms with Gasteiger partial charge in [0.1, 0.15) is 0 Å². The van der Waals surface area contributed by atoms with E-state index in [9.17, 15) is 4.79 Å². The molecule has 1 aromatic carbocycles. The molecule has 1 aliphatic heterocycles. The zero-order valence-electron chi connectivity index (χ0n) is 14.1. The predicted octanol–water partition coefficient (Wildman–Crippen LogP) is 1.78. The number of hydrogen-bond donors (Lipinski definition) is 3. The van der Waals surface area contributed by atoms with Crippen molar-refractivity contribution in [1.29, 1.82) is 0 Å². The van der Waals surface area contributed by atoms with Crippen LogP contribution in [-0.4, -0.2) is 42.1 Å². The van der Waals surface area contributed by atoms with Gasteiger partial charge in [0.2, 0.25) is 0 Å². The van der Waals surface area contributed by atoms with Crippen molar-refractivity contribution in [2.75, 3.05) is 13.1 Å². The highest BCUT2D eigenvalue weighted by atomic mass is 16.2. The number of piperidine rings is 1. The standard InChI is InChI=1S/C18H28N4O/c1-12(2)20-14-7-9-22(10-8-14)18(23)21-16-11-13-5-3-4-6-15(13)17(16)19/h3-6,12,14,16-17,20H,7-11,19H2,1-2H3,(H,21,23)/t16-,17-/m1/s1. The van der Waals surface area contributed by atoms with Crippen molar-refractivity contribution in [1.82, 2.24) is 15.5 Å². The van der Waals surface area contributed by atoms with E-state index in [0.717, 1.165) is 37.9 Å². The van der Waals surface area contributed by atoms with Crippen molar-refractivity contribution < 1.29 is 4.79 Å². The summed E-state index contributed by atoms with van der Waals surface area (Å²) in [6.07, 6.45) is 2.86.